The average molecular weight is 234 g/mol. The van der Waals surface area contributed by atoms with Crippen molar-refractivity contribution in [1.29, 1.82) is 0 Å². The Kier molecular flexibility index (Phi) is 3.30. The van der Waals surface area contributed by atoms with Gasteiger partial charge in [0.05, 0.1) is 19.0 Å². The minimum absolute atomic E-state index is 0.0437. The molecule has 0 saturated carbocycles. The van der Waals surface area contributed by atoms with Crippen LogP contribution in [0.2, 0.25) is 0 Å². The number of benzene rings is 1. The smallest absolute Gasteiger partial charge is 0.219 e. The first kappa shape index (κ1) is 11.5. The number of aliphatic hydroxyl groups is 1. The van der Waals surface area contributed by atoms with Gasteiger partial charge in [0.15, 0.2) is 0 Å². The van der Waals surface area contributed by atoms with Gasteiger partial charge in [-0.2, -0.15) is 5.10 Å². The number of hydrogen-bond donors (Lipinski definition) is 2. The molecule has 5 heteroatoms. The van der Waals surface area contributed by atoms with Gasteiger partial charge in [0.2, 0.25) is 5.88 Å². The van der Waals surface area contributed by atoms with E-state index >= 15 is 0 Å². The van der Waals surface area contributed by atoms with Crippen LogP contribution in [0.4, 0.5) is 0 Å². The Morgan fingerprint density at radius 1 is 1.41 bits per heavy atom. The van der Waals surface area contributed by atoms with Gasteiger partial charge in [-0.05, 0) is 12.1 Å². The van der Waals surface area contributed by atoms with Crippen molar-refractivity contribution in [3.8, 4) is 17.3 Å². The molecule has 0 unspecified atom stereocenters. The molecule has 90 valence electrons. The SMILES string of the molecule is COc1c(CCO)cnn1-c1cccc(O)c1. The third-order valence-electron chi connectivity index (χ3n) is 2.44. The summed E-state index contributed by atoms with van der Waals surface area (Å²) >= 11 is 0. The zero-order valence-electron chi connectivity index (χ0n) is 9.50. The quantitative estimate of drug-likeness (QED) is 0.832. The maximum atomic E-state index is 9.43. The molecule has 2 aromatic rings. The van der Waals surface area contributed by atoms with E-state index in [1.807, 2.05) is 6.07 Å². The fourth-order valence-electron chi connectivity index (χ4n) is 1.69. The molecule has 0 aliphatic heterocycles. The van der Waals surface area contributed by atoms with Gasteiger partial charge in [-0.25, -0.2) is 4.68 Å². The monoisotopic (exact) mass is 234 g/mol. The fraction of sp³-hybridized carbons (Fsp3) is 0.250. The summed E-state index contributed by atoms with van der Waals surface area (Å²) in [7, 11) is 1.55. The van der Waals surface area contributed by atoms with Crippen molar-refractivity contribution in [3.05, 3.63) is 36.0 Å². The molecular formula is C12H14N2O3. The summed E-state index contributed by atoms with van der Waals surface area (Å²) in [6, 6.07) is 6.74. The fourth-order valence-corrected chi connectivity index (χ4v) is 1.69. The van der Waals surface area contributed by atoms with E-state index < -0.39 is 0 Å². The number of hydrogen-bond acceptors (Lipinski definition) is 4. The highest BCUT2D eigenvalue weighted by molar-refractivity contribution is 5.42. The van der Waals surface area contributed by atoms with E-state index in [2.05, 4.69) is 5.10 Å². The molecule has 0 fully saturated rings. The van der Waals surface area contributed by atoms with Crippen molar-refractivity contribution in [2.45, 2.75) is 6.42 Å². The van der Waals surface area contributed by atoms with E-state index in [1.54, 1.807) is 36.2 Å². The summed E-state index contributed by atoms with van der Waals surface area (Å²) in [6.07, 6.45) is 2.14. The third-order valence-corrected chi connectivity index (χ3v) is 2.44. The number of ether oxygens (including phenoxy) is 1. The Labute approximate surface area is 98.9 Å². The van der Waals surface area contributed by atoms with Crippen LogP contribution in [-0.2, 0) is 6.42 Å². The molecule has 1 heterocycles. The van der Waals surface area contributed by atoms with Gasteiger partial charge in [0.25, 0.3) is 0 Å². The van der Waals surface area contributed by atoms with Crippen LogP contribution in [0.3, 0.4) is 0 Å². The Balaban J connectivity index is 2.45. The van der Waals surface area contributed by atoms with Gasteiger partial charge in [-0.1, -0.05) is 6.07 Å². The van der Waals surface area contributed by atoms with Gasteiger partial charge in [0, 0.05) is 24.7 Å². The predicted molar refractivity (Wildman–Crippen MR) is 62.6 cm³/mol. The predicted octanol–water partition coefficient (Wildman–Crippen LogP) is 1.12. The number of methoxy groups -OCH3 is 1. The lowest BCUT2D eigenvalue weighted by atomic mass is 10.2. The topological polar surface area (TPSA) is 67.5 Å². The molecule has 0 atom stereocenters. The van der Waals surface area contributed by atoms with Crippen molar-refractivity contribution in [3.63, 3.8) is 0 Å². The highest BCUT2D eigenvalue weighted by Gasteiger charge is 2.12. The van der Waals surface area contributed by atoms with E-state index in [9.17, 15) is 5.11 Å². The molecule has 0 saturated heterocycles. The van der Waals surface area contributed by atoms with E-state index in [0.717, 1.165) is 5.56 Å². The van der Waals surface area contributed by atoms with Crippen LogP contribution in [-0.4, -0.2) is 33.7 Å². The lowest BCUT2D eigenvalue weighted by Gasteiger charge is -2.07. The van der Waals surface area contributed by atoms with Gasteiger partial charge in [-0.3, -0.25) is 0 Å². The second-order valence-electron chi connectivity index (χ2n) is 3.58. The van der Waals surface area contributed by atoms with Crippen LogP contribution in [0, 0.1) is 0 Å². The van der Waals surface area contributed by atoms with Gasteiger partial charge in [0.1, 0.15) is 5.75 Å². The van der Waals surface area contributed by atoms with Crippen LogP contribution in [0.1, 0.15) is 5.56 Å². The van der Waals surface area contributed by atoms with Crippen molar-refractivity contribution >= 4 is 0 Å². The lowest BCUT2D eigenvalue weighted by Crippen LogP contribution is -2.01. The molecule has 0 spiro atoms. The molecule has 2 rings (SSSR count). The van der Waals surface area contributed by atoms with Crippen molar-refractivity contribution in [2.24, 2.45) is 0 Å². The number of aromatic hydroxyl groups is 1. The Bertz CT molecular complexity index is 508. The zero-order valence-corrected chi connectivity index (χ0v) is 9.50. The third kappa shape index (κ3) is 2.24. The van der Waals surface area contributed by atoms with Gasteiger partial charge >= 0.3 is 0 Å². The standard InChI is InChI=1S/C12H14N2O3/c1-17-12-9(5-6-15)8-13-14(12)10-3-2-4-11(16)7-10/h2-4,7-8,15-16H,5-6H2,1H3. The summed E-state index contributed by atoms with van der Waals surface area (Å²) in [5.74, 6) is 0.744. The summed E-state index contributed by atoms with van der Waals surface area (Å²) < 4.78 is 6.86. The zero-order chi connectivity index (χ0) is 12.3. The molecule has 0 amide bonds. The Morgan fingerprint density at radius 2 is 2.24 bits per heavy atom. The maximum absolute atomic E-state index is 9.43. The van der Waals surface area contributed by atoms with Crippen LogP contribution < -0.4 is 4.74 Å². The summed E-state index contributed by atoms with van der Waals surface area (Å²) in [5, 5.41) is 22.5. The number of nitrogens with zero attached hydrogens (tertiary/aromatic N) is 2. The minimum Gasteiger partial charge on any atom is -0.508 e. The van der Waals surface area contributed by atoms with Crippen LogP contribution in [0.15, 0.2) is 30.5 Å². The molecule has 1 aromatic carbocycles. The summed E-state index contributed by atoms with van der Waals surface area (Å²) in [5.41, 5.74) is 1.55. The maximum Gasteiger partial charge on any atom is 0.219 e. The molecule has 0 bridgehead atoms. The van der Waals surface area contributed by atoms with Crippen LogP contribution in [0.25, 0.3) is 5.69 Å². The molecule has 0 radical (unpaired) electrons. The highest BCUT2D eigenvalue weighted by atomic mass is 16.5. The van der Waals surface area contributed by atoms with Crippen molar-refractivity contribution in [1.82, 2.24) is 9.78 Å². The first-order valence-corrected chi connectivity index (χ1v) is 5.27. The Hall–Kier alpha value is -2.01. The number of phenols is 1. The number of rotatable bonds is 4. The summed E-state index contributed by atoms with van der Waals surface area (Å²) in [4.78, 5) is 0. The second-order valence-corrected chi connectivity index (χ2v) is 3.58. The van der Waals surface area contributed by atoms with Gasteiger partial charge in [-0.15, -0.1) is 0 Å². The highest BCUT2D eigenvalue weighted by Crippen LogP contribution is 2.24. The van der Waals surface area contributed by atoms with Crippen LogP contribution >= 0.6 is 0 Å². The second kappa shape index (κ2) is 4.88. The van der Waals surface area contributed by atoms with Crippen LogP contribution in [0.5, 0.6) is 11.6 Å². The van der Waals surface area contributed by atoms with Crippen molar-refractivity contribution < 1.29 is 14.9 Å². The molecule has 2 N–H and O–H groups in total. The molecule has 5 nitrogen and oxygen atoms in total. The first-order valence-electron chi connectivity index (χ1n) is 5.27. The molecule has 1 aromatic heterocycles. The van der Waals surface area contributed by atoms with E-state index in [0.29, 0.717) is 18.0 Å². The molecule has 0 aliphatic rings. The molecular weight excluding hydrogens is 220 g/mol. The van der Waals surface area contributed by atoms with E-state index in [1.165, 1.54) is 0 Å². The largest absolute Gasteiger partial charge is 0.508 e. The number of aromatic nitrogens is 2. The summed E-state index contributed by atoms with van der Waals surface area (Å²) in [6.45, 7) is 0.0437. The average Bonchev–Trinajstić information content (AvgIpc) is 2.72. The normalized spacial score (nSPS) is 10.5. The first-order chi connectivity index (χ1) is 8.26. The van der Waals surface area contributed by atoms with Gasteiger partial charge < -0.3 is 14.9 Å². The molecule has 17 heavy (non-hydrogen) atoms. The number of phenolic OH excluding ortho intramolecular Hbond substituents is 1. The minimum atomic E-state index is 0.0437. The molecule has 0 aliphatic carbocycles. The van der Waals surface area contributed by atoms with E-state index in [-0.39, 0.29) is 12.4 Å². The van der Waals surface area contributed by atoms with E-state index in [4.69, 9.17) is 9.84 Å². The number of aliphatic hydroxyl groups excluding tert-OH is 1. The lowest BCUT2D eigenvalue weighted by molar-refractivity contribution is 0.296. The Morgan fingerprint density at radius 3 is 2.88 bits per heavy atom. The van der Waals surface area contributed by atoms with Crippen molar-refractivity contribution in [2.75, 3.05) is 13.7 Å².